The molecular weight excluding hydrogens is 347 g/mol. The summed E-state index contributed by atoms with van der Waals surface area (Å²) >= 11 is 3.07. The van der Waals surface area contributed by atoms with Crippen molar-refractivity contribution in [2.45, 2.75) is 25.9 Å². The predicted octanol–water partition coefficient (Wildman–Crippen LogP) is 3.69. The number of nitrogens with zero attached hydrogens (tertiary/aromatic N) is 2. The van der Waals surface area contributed by atoms with Crippen LogP contribution in [0.3, 0.4) is 0 Å². The van der Waals surface area contributed by atoms with Crippen LogP contribution in [0.1, 0.15) is 25.3 Å². The quantitative estimate of drug-likeness (QED) is 0.881. The molecule has 0 spiro atoms. The largest absolute Gasteiger partial charge is 0.419 e. The first-order valence-electron chi connectivity index (χ1n) is 7.10. The molecule has 1 unspecified atom stereocenters. The van der Waals surface area contributed by atoms with Gasteiger partial charge in [-0.3, -0.25) is 0 Å². The molecule has 1 aromatic rings. The second-order valence-corrected chi connectivity index (χ2v) is 6.20. The molecule has 1 aromatic heterocycles. The summed E-state index contributed by atoms with van der Waals surface area (Å²) in [7, 11) is 0. The number of hydrogen-bond donors (Lipinski definition) is 1. The summed E-state index contributed by atoms with van der Waals surface area (Å²) in [4.78, 5) is 5.79. The summed E-state index contributed by atoms with van der Waals surface area (Å²) in [6.07, 6.45) is -1.02. The molecule has 7 heteroatoms. The molecule has 2 heterocycles. The highest BCUT2D eigenvalue weighted by Crippen LogP contribution is 2.37. The predicted molar refractivity (Wildman–Crippen MR) is 80.4 cm³/mol. The lowest BCUT2D eigenvalue weighted by atomic mass is 9.97. The van der Waals surface area contributed by atoms with Gasteiger partial charge in [0, 0.05) is 23.8 Å². The lowest BCUT2D eigenvalue weighted by molar-refractivity contribution is -0.137. The minimum absolute atomic E-state index is 0.0481. The van der Waals surface area contributed by atoms with E-state index in [9.17, 15) is 13.2 Å². The maximum absolute atomic E-state index is 13.2. The first-order chi connectivity index (χ1) is 9.91. The van der Waals surface area contributed by atoms with E-state index >= 15 is 0 Å². The maximum atomic E-state index is 13.2. The summed E-state index contributed by atoms with van der Waals surface area (Å²) in [6.45, 7) is 4.98. The van der Waals surface area contributed by atoms with Gasteiger partial charge >= 0.3 is 6.18 Å². The number of pyridine rings is 1. The highest BCUT2D eigenvalue weighted by atomic mass is 79.9. The Morgan fingerprint density at radius 3 is 2.90 bits per heavy atom. The summed E-state index contributed by atoms with van der Waals surface area (Å²) < 4.78 is 39.9. The lowest BCUT2D eigenvalue weighted by Crippen LogP contribution is -2.40. The number of anilines is 1. The average Bonchev–Trinajstić information content (AvgIpc) is 2.44. The van der Waals surface area contributed by atoms with Gasteiger partial charge in [0.05, 0.1) is 5.56 Å². The summed E-state index contributed by atoms with van der Waals surface area (Å²) in [5, 5.41) is 3.27. The first-order valence-corrected chi connectivity index (χ1v) is 7.89. The van der Waals surface area contributed by atoms with Gasteiger partial charge < -0.3 is 10.2 Å². The first kappa shape index (κ1) is 16.5. The molecule has 118 valence electrons. The van der Waals surface area contributed by atoms with Crippen molar-refractivity contribution in [3.8, 4) is 0 Å². The van der Waals surface area contributed by atoms with E-state index in [1.165, 1.54) is 6.20 Å². The second kappa shape index (κ2) is 6.96. The van der Waals surface area contributed by atoms with Crippen molar-refractivity contribution >= 4 is 21.7 Å². The van der Waals surface area contributed by atoms with Gasteiger partial charge in [0.2, 0.25) is 0 Å². The van der Waals surface area contributed by atoms with Gasteiger partial charge in [0.25, 0.3) is 0 Å². The molecule has 1 saturated heterocycles. The van der Waals surface area contributed by atoms with Crippen molar-refractivity contribution in [1.29, 1.82) is 0 Å². The van der Waals surface area contributed by atoms with Crippen LogP contribution in [0.2, 0.25) is 0 Å². The van der Waals surface area contributed by atoms with E-state index in [4.69, 9.17) is 0 Å². The minimum Gasteiger partial charge on any atom is -0.356 e. The Morgan fingerprint density at radius 1 is 1.48 bits per heavy atom. The molecule has 0 amide bonds. The van der Waals surface area contributed by atoms with Crippen LogP contribution in [-0.4, -0.2) is 31.2 Å². The Balaban J connectivity index is 2.21. The number of nitrogens with one attached hydrogen (secondary N) is 1. The summed E-state index contributed by atoms with van der Waals surface area (Å²) in [5.74, 6) is 0.414. The van der Waals surface area contributed by atoms with Crippen LogP contribution in [0.5, 0.6) is 0 Å². The highest BCUT2D eigenvalue weighted by Gasteiger charge is 2.37. The lowest BCUT2D eigenvalue weighted by Gasteiger charge is -2.35. The molecule has 0 saturated carbocycles. The van der Waals surface area contributed by atoms with E-state index in [0.29, 0.717) is 23.5 Å². The van der Waals surface area contributed by atoms with Gasteiger partial charge in [-0.05, 0) is 53.8 Å². The fourth-order valence-electron chi connectivity index (χ4n) is 2.67. The van der Waals surface area contributed by atoms with Crippen molar-refractivity contribution in [3.63, 3.8) is 0 Å². The van der Waals surface area contributed by atoms with Gasteiger partial charge in [-0.1, -0.05) is 6.92 Å². The fourth-order valence-corrected chi connectivity index (χ4v) is 3.00. The third-order valence-electron chi connectivity index (χ3n) is 3.64. The molecule has 21 heavy (non-hydrogen) atoms. The zero-order valence-electron chi connectivity index (χ0n) is 11.9. The van der Waals surface area contributed by atoms with Crippen LogP contribution >= 0.6 is 15.9 Å². The van der Waals surface area contributed by atoms with E-state index in [2.05, 4.69) is 26.2 Å². The van der Waals surface area contributed by atoms with Crippen molar-refractivity contribution in [1.82, 2.24) is 10.3 Å². The van der Waals surface area contributed by atoms with Gasteiger partial charge in [-0.15, -0.1) is 0 Å². The summed E-state index contributed by atoms with van der Waals surface area (Å²) in [5.41, 5.74) is -0.666. The van der Waals surface area contributed by atoms with Gasteiger partial charge in [0.15, 0.2) is 0 Å². The normalized spacial score (nSPS) is 19.9. The van der Waals surface area contributed by atoms with Crippen LogP contribution < -0.4 is 10.2 Å². The Labute approximate surface area is 131 Å². The molecule has 0 aromatic carbocycles. The second-order valence-electron chi connectivity index (χ2n) is 5.28. The van der Waals surface area contributed by atoms with Crippen LogP contribution in [0, 0.1) is 5.92 Å². The minimum atomic E-state index is -4.39. The number of piperidine rings is 1. The van der Waals surface area contributed by atoms with E-state index < -0.39 is 11.7 Å². The highest BCUT2D eigenvalue weighted by molar-refractivity contribution is 9.10. The molecule has 1 aliphatic heterocycles. The number of rotatable bonds is 4. The Bertz CT molecular complexity index is 479. The Kier molecular flexibility index (Phi) is 5.48. The van der Waals surface area contributed by atoms with Crippen molar-refractivity contribution < 1.29 is 13.2 Å². The molecule has 3 nitrogen and oxygen atoms in total. The SMILES string of the molecule is CCNCC1CCCN(c2ncc(Br)cc2C(F)(F)F)C1. The Morgan fingerprint density at radius 2 is 2.24 bits per heavy atom. The molecule has 1 fully saturated rings. The van der Waals surface area contributed by atoms with Crippen LogP contribution in [-0.2, 0) is 6.18 Å². The standard InChI is InChI=1S/C14H19BrF3N3/c1-2-19-7-10-4-3-5-21(9-10)13-12(14(16,17)18)6-11(15)8-20-13/h6,8,10,19H,2-5,7,9H2,1H3. The number of aromatic nitrogens is 1. The third-order valence-corrected chi connectivity index (χ3v) is 4.07. The summed E-state index contributed by atoms with van der Waals surface area (Å²) in [6, 6.07) is 1.11. The molecule has 0 bridgehead atoms. The number of hydrogen-bond acceptors (Lipinski definition) is 3. The number of halogens is 4. The molecule has 1 aliphatic rings. The maximum Gasteiger partial charge on any atom is 0.419 e. The topological polar surface area (TPSA) is 28.2 Å². The van der Waals surface area contributed by atoms with Crippen LogP contribution in [0.15, 0.2) is 16.7 Å². The molecule has 1 N–H and O–H groups in total. The number of alkyl halides is 3. The van der Waals surface area contributed by atoms with E-state index in [1.807, 2.05) is 6.92 Å². The zero-order valence-corrected chi connectivity index (χ0v) is 13.5. The third kappa shape index (κ3) is 4.32. The van der Waals surface area contributed by atoms with Crippen molar-refractivity contribution in [3.05, 3.63) is 22.3 Å². The molecule has 2 rings (SSSR count). The molecule has 0 aliphatic carbocycles. The van der Waals surface area contributed by atoms with Crippen molar-refractivity contribution in [2.75, 3.05) is 31.1 Å². The fraction of sp³-hybridized carbons (Fsp3) is 0.643. The molecule has 1 atom stereocenters. The van der Waals surface area contributed by atoms with E-state index in [1.54, 1.807) is 4.90 Å². The van der Waals surface area contributed by atoms with E-state index in [0.717, 1.165) is 32.0 Å². The van der Waals surface area contributed by atoms with Crippen LogP contribution in [0.4, 0.5) is 19.0 Å². The Hall–Kier alpha value is -0.820. The molecule has 0 radical (unpaired) electrons. The van der Waals surface area contributed by atoms with Gasteiger partial charge in [-0.25, -0.2) is 4.98 Å². The van der Waals surface area contributed by atoms with Crippen LogP contribution in [0.25, 0.3) is 0 Å². The van der Waals surface area contributed by atoms with Gasteiger partial charge in [0.1, 0.15) is 5.82 Å². The smallest absolute Gasteiger partial charge is 0.356 e. The zero-order chi connectivity index (χ0) is 15.5. The van der Waals surface area contributed by atoms with Crippen molar-refractivity contribution in [2.24, 2.45) is 5.92 Å². The average molecular weight is 366 g/mol. The van der Waals surface area contributed by atoms with E-state index in [-0.39, 0.29) is 5.82 Å². The monoisotopic (exact) mass is 365 g/mol. The van der Waals surface area contributed by atoms with Gasteiger partial charge in [-0.2, -0.15) is 13.2 Å². The molecular formula is C14H19BrF3N3.